The van der Waals surface area contributed by atoms with Gasteiger partial charge in [0.15, 0.2) is 5.96 Å². The van der Waals surface area contributed by atoms with Crippen LogP contribution in [0.2, 0.25) is 0 Å². The second-order valence-electron chi connectivity index (χ2n) is 6.27. The van der Waals surface area contributed by atoms with Crippen LogP contribution in [0.25, 0.3) is 0 Å². The molecule has 2 rings (SSSR count). The first-order valence-electron chi connectivity index (χ1n) is 9.08. The highest BCUT2D eigenvalue weighted by molar-refractivity contribution is 5.80. The normalized spacial score (nSPS) is 21.4. The number of aliphatic imine (C=N–C) groups is 1. The zero-order valence-corrected chi connectivity index (χ0v) is 15.5. The predicted octanol–water partition coefficient (Wildman–Crippen LogP) is 2.98. The summed E-state index contributed by atoms with van der Waals surface area (Å²) >= 11 is 0. The van der Waals surface area contributed by atoms with E-state index in [1.165, 1.54) is 12.1 Å². The van der Waals surface area contributed by atoms with Gasteiger partial charge in [-0.25, -0.2) is 4.39 Å². The van der Waals surface area contributed by atoms with Crippen LogP contribution in [0.15, 0.2) is 29.3 Å². The summed E-state index contributed by atoms with van der Waals surface area (Å²) < 4.78 is 24.6. The summed E-state index contributed by atoms with van der Waals surface area (Å²) in [5.74, 6) is 0.660. The van der Waals surface area contributed by atoms with Crippen LogP contribution in [0.5, 0.6) is 0 Å². The van der Waals surface area contributed by atoms with Gasteiger partial charge in [-0.15, -0.1) is 0 Å². The van der Waals surface area contributed by atoms with Crippen LogP contribution in [0.4, 0.5) is 4.39 Å². The first kappa shape index (κ1) is 19.7. The monoisotopic (exact) mass is 351 g/mol. The third-order valence-electron chi connectivity index (χ3n) is 4.22. The van der Waals surface area contributed by atoms with Crippen molar-refractivity contribution in [2.45, 2.75) is 38.9 Å². The molecular formula is C19H30FN3O2. The van der Waals surface area contributed by atoms with Crippen LogP contribution in [0.3, 0.4) is 0 Å². The molecular weight excluding hydrogens is 321 g/mol. The molecule has 0 saturated carbocycles. The Morgan fingerprint density at radius 3 is 2.76 bits per heavy atom. The molecule has 0 amide bonds. The standard InChI is InChI=1S/C19H30FN3O2/c1-4-24-12-6-5-11-22-19(21-3)23-13-15(2)25-18(14-23)16-7-9-17(20)10-8-16/h7-10,15,18H,4-6,11-14H2,1-3H3,(H,21,22). The minimum Gasteiger partial charge on any atom is -0.382 e. The summed E-state index contributed by atoms with van der Waals surface area (Å²) in [5.41, 5.74) is 0.991. The van der Waals surface area contributed by atoms with Crippen LogP contribution >= 0.6 is 0 Å². The van der Waals surface area contributed by atoms with Crippen molar-refractivity contribution in [1.82, 2.24) is 10.2 Å². The topological polar surface area (TPSA) is 46.1 Å². The van der Waals surface area contributed by atoms with Crippen LogP contribution in [-0.4, -0.2) is 56.9 Å². The fourth-order valence-electron chi connectivity index (χ4n) is 2.99. The third kappa shape index (κ3) is 6.29. The molecule has 1 aromatic rings. The fourth-order valence-corrected chi connectivity index (χ4v) is 2.99. The van der Waals surface area contributed by atoms with E-state index in [2.05, 4.69) is 22.1 Å². The molecule has 1 aliphatic heterocycles. The number of guanidine groups is 1. The quantitative estimate of drug-likeness (QED) is 0.466. The minimum atomic E-state index is -0.228. The van der Waals surface area contributed by atoms with Crippen molar-refractivity contribution in [1.29, 1.82) is 0 Å². The number of ether oxygens (including phenoxy) is 2. The summed E-state index contributed by atoms with van der Waals surface area (Å²) in [6, 6.07) is 6.54. The van der Waals surface area contributed by atoms with Gasteiger partial charge in [0, 0.05) is 33.4 Å². The molecule has 0 aliphatic carbocycles. The number of halogens is 1. The highest BCUT2D eigenvalue weighted by Gasteiger charge is 2.28. The molecule has 0 spiro atoms. The van der Waals surface area contributed by atoms with Gasteiger partial charge >= 0.3 is 0 Å². The Balaban J connectivity index is 1.88. The van der Waals surface area contributed by atoms with Gasteiger partial charge in [0.2, 0.25) is 0 Å². The van der Waals surface area contributed by atoms with Gasteiger partial charge < -0.3 is 19.7 Å². The number of benzene rings is 1. The molecule has 6 heteroatoms. The van der Waals surface area contributed by atoms with Gasteiger partial charge in [-0.2, -0.15) is 0 Å². The van der Waals surface area contributed by atoms with Crippen molar-refractivity contribution in [3.8, 4) is 0 Å². The Labute approximate surface area is 150 Å². The van der Waals surface area contributed by atoms with Crippen LogP contribution in [-0.2, 0) is 9.47 Å². The summed E-state index contributed by atoms with van der Waals surface area (Å²) in [6.45, 7) is 8.00. The van der Waals surface area contributed by atoms with E-state index in [0.717, 1.165) is 50.7 Å². The van der Waals surface area contributed by atoms with Crippen molar-refractivity contribution < 1.29 is 13.9 Å². The third-order valence-corrected chi connectivity index (χ3v) is 4.22. The molecule has 1 N–H and O–H groups in total. The highest BCUT2D eigenvalue weighted by Crippen LogP contribution is 2.25. The molecule has 140 valence electrons. The Bertz CT molecular complexity index is 536. The Morgan fingerprint density at radius 1 is 1.32 bits per heavy atom. The first-order valence-corrected chi connectivity index (χ1v) is 9.08. The summed E-state index contributed by atoms with van der Waals surface area (Å²) in [4.78, 5) is 6.62. The molecule has 1 fully saturated rings. The van der Waals surface area contributed by atoms with E-state index in [-0.39, 0.29) is 18.0 Å². The second-order valence-corrected chi connectivity index (χ2v) is 6.27. The van der Waals surface area contributed by atoms with Gasteiger partial charge in [0.05, 0.1) is 12.6 Å². The van der Waals surface area contributed by atoms with E-state index < -0.39 is 0 Å². The lowest BCUT2D eigenvalue weighted by Gasteiger charge is -2.38. The maximum absolute atomic E-state index is 13.2. The van der Waals surface area contributed by atoms with Crippen LogP contribution in [0, 0.1) is 5.82 Å². The van der Waals surface area contributed by atoms with Crippen molar-refractivity contribution in [3.05, 3.63) is 35.6 Å². The molecule has 1 aliphatic rings. The molecule has 1 saturated heterocycles. The van der Waals surface area contributed by atoms with E-state index in [9.17, 15) is 4.39 Å². The maximum atomic E-state index is 13.2. The lowest BCUT2D eigenvalue weighted by Crippen LogP contribution is -2.50. The van der Waals surface area contributed by atoms with E-state index in [0.29, 0.717) is 6.54 Å². The molecule has 2 atom stereocenters. The van der Waals surface area contributed by atoms with E-state index in [4.69, 9.17) is 9.47 Å². The summed E-state index contributed by atoms with van der Waals surface area (Å²) in [7, 11) is 1.80. The largest absolute Gasteiger partial charge is 0.382 e. The van der Waals surface area contributed by atoms with Gasteiger partial charge in [-0.05, 0) is 44.4 Å². The molecule has 5 nitrogen and oxygen atoms in total. The lowest BCUT2D eigenvalue weighted by molar-refractivity contribution is -0.0605. The molecule has 0 radical (unpaired) electrons. The lowest BCUT2D eigenvalue weighted by atomic mass is 10.1. The minimum absolute atomic E-state index is 0.0825. The SMILES string of the molecule is CCOCCCCNC(=NC)N1CC(C)OC(c2ccc(F)cc2)C1. The fraction of sp³-hybridized carbons (Fsp3) is 0.632. The average Bonchev–Trinajstić information content (AvgIpc) is 2.61. The van der Waals surface area contributed by atoms with Crippen molar-refractivity contribution >= 4 is 5.96 Å². The molecule has 2 unspecified atom stereocenters. The maximum Gasteiger partial charge on any atom is 0.193 e. The summed E-state index contributed by atoms with van der Waals surface area (Å²) in [5, 5.41) is 3.42. The smallest absolute Gasteiger partial charge is 0.193 e. The van der Waals surface area contributed by atoms with Crippen LogP contribution < -0.4 is 5.32 Å². The van der Waals surface area contributed by atoms with E-state index >= 15 is 0 Å². The van der Waals surface area contributed by atoms with Crippen molar-refractivity contribution in [2.75, 3.05) is 39.9 Å². The van der Waals surface area contributed by atoms with Gasteiger partial charge in [0.25, 0.3) is 0 Å². The Kier molecular flexibility index (Phi) is 8.15. The molecule has 1 aromatic carbocycles. The van der Waals surface area contributed by atoms with Crippen molar-refractivity contribution in [2.24, 2.45) is 4.99 Å². The number of morpholine rings is 1. The second kappa shape index (κ2) is 10.4. The van der Waals surface area contributed by atoms with Gasteiger partial charge in [0.1, 0.15) is 11.9 Å². The van der Waals surface area contributed by atoms with Crippen molar-refractivity contribution in [3.63, 3.8) is 0 Å². The van der Waals surface area contributed by atoms with E-state index in [1.54, 1.807) is 19.2 Å². The number of hydrogen-bond donors (Lipinski definition) is 1. The average molecular weight is 351 g/mol. The first-order chi connectivity index (χ1) is 12.1. The summed E-state index contributed by atoms with van der Waals surface area (Å²) in [6.07, 6.45) is 2.08. The zero-order chi connectivity index (χ0) is 18.1. The van der Waals surface area contributed by atoms with Gasteiger partial charge in [-0.3, -0.25) is 4.99 Å². The zero-order valence-electron chi connectivity index (χ0n) is 15.5. The Morgan fingerprint density at radius 2 is 2.08 bits per heavy atom. The van der Waals surface area contributed by atoms with E-state index in [1.807, 2.05) is 6.92 Å². The van der Waals surface area contributed by atoms with Gasteiger partial charge in [-0.1, -0.05) is 12.1 Å². The molecule has 25 heavy (non-hydrogen) atoms. The highest BCUT2D eigenvalue weighted by atomic mass is 19.1. The molecule has 1 heterocycles. The number of rotatable bonds is 7. The molecule has 0 bridgehead atoms. The Hall–Kier alpha value is -1.66. The number of nitrogens with zero attached hydrogens (tertiary/aromatic N) is 2. The number of unbranched alkanes of at least 4 members (excludes halogenated alkanes) is 1. The van der Waals surface area contributed by atoms with Crippen LogP contribution in [0.1, 0.15) is 38.4 Å². The molecule has 0 aromatic heterocycles. The number of nitrogens with one attached hydrogen (secondary N) is 1. The number of hydrogen-bond acceptors (Lipinski definition) is 3. The predicted molar refractivity (Wildman–Crippen MR) is 98.3 cm³/mol.